The fourth-order valence-electron chi connectivity index (χ4n) is 1.38. The number of likely N-dealkylation sites (N-methyl/N-ethyl adjacent to an activating group) is 1. The number of carbonyl (C=O) groups is 1. The highest BCUT2D eigenvalue weighted by Crippen LogP contribution is 2.30. The van der Waals surface area contributed by atoms with Gasteiger partial charge in [0.1, 0.15) is 11.4 Å². The van der Waals surface area contributed by atoms with E-state index >= 15 is 0 Å². The highest BCUT2D eigenvalue weighted by molar-refractivity contribution is 5.82. The Hall–Kier alpha value is -1.85. The number of ether oxygens (including phenoxy) is 1. The van der Waals surface area contributed by atoms with Gasteiger partial charge in [0.2, 0.25) is 0 Å². The van der Waals surface area contributed by atoms with Crippen molar-refractivity contribution in [3.8, 4) is 5.75 Å². The summed E-state index contributed by atoms with van der Waals surface area (Å²) >= 11 is 0. The van der Waals surface area contributed by atoms with E-state index in [1.54, 1.807) is 0 Å². The molecule has 0 aliphatic heterocycles. The summed E-state index contributed by atoms with van der Waals surface area (Å²) in [5, 5.41) is 9.05. The lowest BCUT2D eigenvalue weighted by atomic mass is 10.0. The molecule has 0 aliphatic carbocycles. The van der Waals surface area contributed by atoms with Crippen LogP contribution in [0, 0.1) is 11.6 Å². The van der Waals surface area contributed by atoms with Crippen molar-refractivity contribution in [2.75, 3.05) is 19.1 Å². The van der Waals surface area contributed by atoms with Gasteiger partial charge >= 0.3 is 5.97 Å². The highest BCUT2D eigenvalue weighted by Gasteiger charge is 2.34. The molecule has 0 amide bonds. The number of hydrogen-bond donors (Lipinski definition) is 1. The number of anilines is 1. The Balaban J connectivity index is 3.26. The van der Waals surface area contributed by atoms with Crippen molar-refractivity contribution < 1.29 is 23.4 Å². The Morgan fingerprint density at radius 3 is 2.33 bits per heavy atom. The van der Waals surface area contributed by atoms with Gasteiger partial charge in [0, 0.05) is 19.2 Å². The molecule has 6 heteroatoms. The Kier molecular flexibility index (Phi) is 3.79. The quantitative estimate of drug-likeness (QED) is 0.901. The summed E-state index contributed by atoms with van der Waals surface area (Å²) in [4.78, 5) is 12.2. The molecule has 0 saturated heterocycles. The Labute approximate surface area is 104 Å². The summed E-state index contributed by atoms with van der Waals surface area (Å²) in [5.74, 6) is -2.86. The molecule has 4 nitrogen and oxygen atoms in total. The lowest BCUT2D eigenvalue weighted by Crippen LogP contribution is -2.48. The van der Waals surface area contributed by atoms with E-state index in [0.29, 0.717) is 0 Å². The molecule has 0 fully saturated rings. The summed E-state index contributed by atoms with van der Waals surface area (Å²) in [6.45, 7) is 2.80. The van der Waals surface area contributed by atoms with Crippen molar-refractivity contribution in [1.82, 2.24) is 0 Å². The molecule has 1 aromatic carbocycles. The van der Waals surface area contributed by atoms with E-state index in [0.717, 1.165) is 17.0 Å². The van der Waals surface area contributed by atoms with Gasteiger partial charge in [-0.05, 0) is 13.8 Å². The zero-order valence-electron chi connectivity index (χ0n) is 10.6. The summed E-state index contributed by atoms with van der Waals surface area (Å²) in [6, 6.07) is 1.80. The minimum atomic E-state index is -1.36. The third kappa shape index (κ3) is 2.37. The molecular weight excluding hydrogens is 244 g/mol. The zero-order valence-corrected chi connectivity index (χ0v) is 10.6. The maximum absolute atomic E-state index is 13.8. The van der Waals surface area contributed by atoms with Crippen LogP contribution in [0.2, 0.25) is 0 Å². The van der Waals surface area contributed by atoms with Gasteiger partial charge in [-0.3, -0.25) is 0 Å². The normalized spacial score (nSPS) is 11.2. The maximum Gasteiger partial charge on any atom is 0.328 e. The second kappa shape index (κ2) is 4.80. The average molecular weight is 259 g/mol. The third-order valence-corrected chi connectivity index (χ3v) is 2.94. The van der Waals surface area contributed by atoms with Gasteiger partial charge in [0.15, 0.2) is 11.6 Å². The average Bonchev–Trinajstić information content (AvgIpc) is 2.30. The van der Waals surface area contributed by atoms with Gasteiger partial charge in [-0.15, -0.1) is 0 Å². The number of benzene rings is 1. The molecule has 0 radical (unpaired) electrons. The van der Waals surface area contributed by atoms with Crippen LogP contribution in [0.1, 0.15) is 13.8 Å². The molecule has 0 spiro atoms. The molecule has 0 aliphatic rings. The molecular formula is C12H15F2NO3. The van der Waals surface area contributed by atoms with E-state index in [-0.39, 0.29) is 11.4 Å². The van der Waals surface area contributed by atoms with Crippen molar-refractivity contribution >= 4 is 11.7 Å². The number of carboxylic acids is 1. The topological polar surface area (TPSA) is 49.8 Å². The van der Waals surface area contributed by atoms with Crippen LogP contribution in [0.5, 0.6) is 5.75 Å². The second-order valence-electron chi connectivity index (χ2n) is 4.36. The molecule has 1 aromatic rings. The molecule has 0 aromatic heterocycles. The van der Waals surface area contributed by atoms with E-state index in [1.807, 2.05) is 0 Å². The number of nitrogens with zero attached hydrogens (tertiary/aromatic N) is 1. The number of rotatable bonds is 4. The zero-order chi connectivity index (χ0) is 14.1. The minimum Gasteiger partial charge on any atom is -0.494 e. The van der Waals surface area contributed by atoms with Crippen molar-refractivity contribution in [2.24, 2.45) is 0 Å². The van der Waals surface area contributed by atoms with E-state index < -0.39 is 23.1 Å². The third-order valence-electron chi connectivity index (χ3n) is 2.94. The number of halogens is 2. The standard InChI is InChI=1S/C12H15F2NO3/c1-12(2,11(16)17)15(3)9-5-8(14)10(18-4)6-7(9)13/h5-6H,1-4H3,(H,16,17). The van der Waals surface area contributed by atoms with E-state index in [4.69, 9.17) is 5.11 Å². The first-order valence-electron chi connectivity index (χ1n) is 5.22. The fourth-order valence-corrected chi connectivity index (χ4v) is 1.38. The van der Waals surface area contributed by atoms with E-state index in [1.165, 1.54) is 28.0 Å². The largest absolute Gasteiger partial charge is 0.494 e. The van der Waals surface area contributed by atoms with Crippen molar-refractivity contribution in [2.45, 2.75) is 19.4 Å². The fraction of sp³-hybridized carbons (Fsp3) is 0.417. The Morgan fingerprint density at radius 1 is 1.33 bits per heavy atom. The van der Waals surface area contributed by atoms with Gasteiger partial charge in [-0.25, -0.2) is 13.6 Å². The van der Waals surface area contributed by atoms with Crippen LogP contribution in [0.3, 0.4) is 0 Å². The van der Waals surface area contributed by atoms with Crippen molar-refractivity contribution in [3.05, 3.63) is 23.8 Å². The summed E-state index contributed by atoms with van der Waals surface area (Å²) in [6.07, 6.45) is 0. The number of carboxylic acid groups (broad SMARTS) is 1. The number of hydrogen-bond acceptors (Lipinski definition) is 3. The van der Waals surface area contributed by atoms with Crippen molar-refractivity contribution in [1.29, 1.82) is 0 Å². The minimum absolute atomic E-state index is 0.138. The van der Waals surface area contributed by atoms with Crippen LogP contribution >= 0.6 is 0 Å². The first-order valence-corrected chi connectivity index (χ1v) is 5.22. The highest BCUT2D eigenvalue weighted by atomic mass is 19.1. The smallest absolute Gasteiger partial charge is 0.328 e. The SMILES string of the molecule is COc1cc(F)c(N(C)C(C)(C)C(=O)O)cc1F. The second-order valence-corrected chi connectivity index (χ2v) is 4.36. The predicted octanol–water partition coefficient (Wildman–Crippen LogP) is 2.27. The Bertz CT molecular complexity index is 475. The molecule has 1 N–H and O–H groups in total. The molecule has 0 heterocycles. The van der Waals surface area contributed by atoms with Crippen LogP contribution in [0.4, 0.5) is 14.5 Å². The molecule has 0 bridgehead atoms. The lowest BCUT2D eigenvalue weighted by molar-refractivity contribution is -0.142. The molecule has 0 atom stereocenters. The molecule has 0 unspecified atom stereocenters. The number of methoxy groups -OCH3 is 1. The molecule has 0 saturated carbocycles. The predicted molar refractivity (Wildman–Crippen MR) is 63.0 cm³/mol. The first kappa shape index (κ1) is 14.2. The lowest BCUT2D eigenvalue weighted by Gasteiger charge is -2.33. The summed E-state index contributed by atoms with van der Waals surface area (Å²) in [7, 11) is 2.61. The van der Waals surface area contributed by atoms with E-state index in [9.17, 15) is 13.6 Å². The molecule has 100 valence electrons. The Morgan fingerprint density at radius 2 is 1.89 bits per heavy atom. The van der Waals surface area contributed by atoms with Crippen LogP contribution in [0.15, 0.2) is 12.1 Å². The van der Waals surface area contributed by atoms with Crippen LogP contribution in [-0.2, 0) is 4.79 Å². The van der Waals surface area contributed by atoms with Gasteiger partial charge < -0.3 is 14.7 Å². The van der Waals surface area contributed by atoms with Gasteiger partial charge in [-0.1, -0.05) is 0 Å². The van der Waals surface area contributed by atoms with Crippen LogP contribution in [-0.4, -0.2) is 30.8 Å². The molecule has 18 heavy (non-hydrogen) atoms. The maximum atomic E-state index is 13.8. The first-order chi connectivity index (χ1) is 8.21. The van der Waals surface area contributed by atoms with Crippen LogP contribution in [0.25, 0.3) is 0 Å². The monoisotopic (exact) mass is 259 g/mol. The van der Waals surface area contributed by atoms with Gasteiger partial charge in [0.25, 0.3) is 0 Å². The molecule has 1 rings (SSSR count). The number of aliphatic carboxylic acids is 1. The van der Waals surface area contributed by atoms with Crippen molar-refractivity contribution in [3.63, 3.8) is 0 Å². The van der Waals surface area contributed by atoms with E-state index in [2.05, 4.69) is 4.74 Å². The van der Waals surface area contributed by atoms with Gasteiger partial charge in [0.05, 0.1) is 12.8 Å². The van der Waals surface area contributed by atoms with Gasteiger partial charge in [-0.2, -0.15) is 0 Å². The van der Waals surface area contributed by atoms with Crippen LogP contribution < -0.4 is 9.64 Å². The summed E-state index contributed by atoms with van der Waals surface area (Å²) in [5.41, 5.74) is -1.50. The summed E-state index contributed by atoms with van der Waals surface area (Å²) < 4.78 is 31.9.